The van der Waals surface area contributed by atoms with Gasteiger partial charge in [0.05, 0.1) is 10.5 Å². The van der Waals surface area contributed by atoms with Crippen molar-refractivity contribution in [1.82, 2.24) is 9.97 Å². The highest BCUT2D eigenvalue weighted by molar-refractivity contribution is 5.69. The Morgan fingerprint density at radius 2 is 2.05 bits per heavy atom. The average molecular weight is 299 g/mol. The van der Waals surface area contributed by atoms with Gasteiger partial charge in [-0.15, -0.1) is 0 Å². The maximum atomic E-state index is 11.2. The van der Waals surface area contributed by atoms with Crippen molar-refractivity contribution in [3.05, 3.63) is 16.4 Å². The Morgan fingerprint density at radius 1 is 1.43 bits per heavy atom. The van der Waals surface area contributed by atoms with Gasteiger partial charge < -0.3 is 20.5 Å². The molecule has 0 aromatic carbocycles. The lowest BCUT2D eigenvalue weighted by molar-refractivity contribution is -0.383. The van der Waals surface area contributed by atoms with Crippen molar-refractivity contribution in [2.24, 2.45) is 0 Å². The van der Waals surface area contributed by atoms with Gasteiger partial charge in [-0.2, -0.15) is 0 Å². The van der Waals surface area contributed by atoms with Crippen LogP contribution in [0.5, 0.6) is 0 Å². The van der Waals surface area contributed by atoms with E-state index in [9.17, 15) is 15.2 Å². The van der Waals surface area contributed by atoms with Crippen LogP contribution in [0.2, 0.25) is 0 Å². The minimum absolute atomic E-state index is 0.0728. The highest BCUT2D eigenvalue weighted by atomic mass is 16.6. The third-order valence-corrected chi connectivity index (χ3v) is 2.83. The van der Waals surface area contributed by atoms with E-state index in [0.29, 0.717) is 19.6 Å². The standard InChI is InChI=1S/C12H21N5O4/c1-4-13-10-9(17(19)20)11(16-8-15-10)14-7-12(2,18)5-6-21-3/h8,18H,4-7H2,1-3H3,(H2,13,14,15,16). The van der Waals surface area contributed by atoms with Gasteiger partial charge in [-0.1, -0.05) is 0 Å². The normalized spacial score (nSPS) is 13.5. The summed E-state index contributed by atoms with van der Waals surface area (Å²) in [4.78, 5) is 18.4. The van der Waals surface area contributed by atoms with Crippen molar-refractivity contribution in [2.75, 3.05) is 37.4 Å². The molecule has 0 bridgehead atoms. The number of aromatic nitrogens is 2. The van der Waals surface area contributed by atoms with Gasteiger partial charge in [0.2, 0.25) is 11.6 Å². The van der Waals surface area contributed by atoms with Crippen molar-refractivity contribution in [2.45, 2.75) is 25.9 Å². The van der Waals surface area contributed by atoms with Gasteiger partial charge in [-0.25, -0.2) is 9.97 Å². The van der Waals surface area contributed by atoms with Crippen LogP contribution in [0.3, 0.4) is 0 Å². The van der Waals surface area contributed by atoms with E-state index in [0.717, 1.165) is 0 Å². The molecular formula is C12H21N5O4. The molecule has 1 unspecified atom stereocenters. The zero-order valence-electron chi connectivity index (χ0n) is 12.4. The van der Waals surface area contributed by atoms with E-state index in [2.05, 4.69) is 20.6 Å². The van der Waals surface area contributed by atoms with Crippen molar-refractivity contribution in [3.63, 3.8) is 0 Å². The second-order valence-electron chi connectivity index (χ2n) is 4.80. The van der Waals surface area contributed by atoms with E-state index in [1.54, 1.807) is 14.0 Å². The molecule has 0 aliphatic heterocycles. The molecule has 0 saturated heterocycles. The Balaban J connectivity index is 2.88. The van der Waals surface area contributed by atoms with Crippen molar-refractivity contribution in [1.29, 1.82) is 0 Å². The summed E-state index contributed by atoms with van der Waals surface area (Å²) in [7, 11) is 1.54. The second-order valence-corrected chi connectivity index (χ2v) is 4.80. The minimum atomic E-state index is -1.06. The maximum Gasteiger partial charge on any atom is 0.353 e. The molecule has 1 atom stereocenters. The first-order valence-electron chi connectivity index (χ1n) is 6.59. The largest absolute Gasteiger partial charge is 0.388 e. The Kier molecular flexibility index (Phi) is 6.25. The van der Waals surface area contributed by atoms with E-state index in [1.807, 2.05) is 6.92 Å². The molecule has 9 heteroatoms. The Labute approximate surface area is 122 Å². The first-order valence-corrected chi connectivity index (χ1v) is 6.59. The molecular weight excluding hydrogens is 278 g/mol. The molecule has 0 aliphatic carbocycles. The fraction of sp³-hybridized carbons (Fsp3) is 0.667. The molecule has 9 nitrogen and oxygen atoms in total. The zero-order valence-corrected chi connectivity index (χ0v) is 12.4. The molecule has 0 saturated carbocycles. The lowest BCUT2D eigenvalue weighted by atomic mass is 10.0. The summed E-state index contributed by atoms with van der Waals surface area (Å²) >= 11 is 0. The number of hydrogen-bond acceptors (Lipinski definition) is 8. The van der Waals surface area contributed by atoms with Crippen LogP contribution in [0.4, 0.5) is 17.3 Å². The third kappa shape index (κ3) is 5.12. The van der Waals surface area contributed by atoms with Gasteiger partial charge in [0.1, 0.15) is 6.33 Å². The fourth-order valence-electron chi connectivity index (χ4n) is 1.66. The molecule has 0 spiro atoms. The summed E-state index contributed by atoms with van der Waals surface area (Å²) in [6.07, 6.45) is 1.63. The summed E-state index contributed by atoms with van der Waals surface area (Å²) in [5, 5.41) is 26.9. The number of rotatable bonds is 9. The highest BCUT2D eigenvalue weighted by Crippen LogP contribution is 2.29. The summed E-state index contributed by atoms with van der Waals surface area (Å²) < 4.78 is 4.91. The number of hydrogen-bond donors (Lipinski definition) is 3. The Bertz CT molecular complexity index is 481. The van der Waals surface area contributed by atoms with Crippen LogP contribution in [0, 0.1) is 10.1 Å². The quantitative estimate of drug-likeness (QED) is 0.456. The van der Waals surface area contributed by atoms with Crippen LogP contribution in [0.25, 0.3) is 0 Å². The molecule has 3 N–H and O–H groups in total. The molecule has 0 aliphatic rings. The molecule has 0 amide bonds. The predicted molar refractivity (Wildman–Crippen MR) is 78.5 cm³/mol. The summed E-state index contributed by atoms with van der Waals surface area (Å²) in [5.41, 5.74) is -1.30. The van der Waals surface area contributed by atoms with Crippen LogP contribution < -0.4 is 10.6 Å². The summed E-state index contributed by atoms with van der Waals surface area (Å²) in [6.45, 7) is 4.44. The van der Waals surface area contributed by atoms with E-state index in [1.165, 1.54) is 6.33 Å². The maximum absolute atomic E-state index is 11.2. The zero-order chi connectivity index (χ0) is 15.9. The number of nitrogens with one attached hydrogen (secondary N) is 2. The lowest BCUT2D eigenvalue weighted by Gasteiger charge is -2.23. The van der Waals surface area contributed by atoms with E-state index in [-0.39, 0.29) is 23.9 Å². The second kappa shape index (κ2) is 7.70. The fourth-order valence-corrected chi connectivity index (χ4v) is 1.66. The van der Waals surface area contributed by atoms with Crippen LogP contribution in [-0.4, -0.2) is 52.4 Å². The third-order valence-electron chi connectivity index (χ3n) is 2.83. The molecule has 1 aromatic rings. The minimum Gasteiger partial charge on any atom is -0.388 e. The predicted octanol–water partition coefficient (Wildman–Crippen LogP) is 1.02. The van der Waals surface area contributed by atoms with Gasteiger partial charge in [-0.05, 0) is 13.8 Å². The smallest absolute Gasteiger partial charge is 0.353 e. The molecule has 0 fully saturated rings. The van der Waals surface area contributed by atoms with Crippen LogP contribution in [0.1, 0.15) is 20.3 Å². The number of nitrogens with zero attached hydrogens (tertiary/aromatic N) is 3. The van der Waals surface area contributed by atoms with Crippen LogP contribution in [-0.2, 0) is 4.74 Å². The van der Waals surface area contributed by atoms with Gasteiger partial charge in [0.15, 0.2) is 0 Å². The number of nitro groups is 1. The number of ether oxygens (including phenoxy) is 1. The number of anilines is 2. The SMILES string of the molecule is CCNc1ncnc(NCC(C)(O)CCOC)c1[N+](=O)[O-]. The van der Waals surface area contributed by atoms with Crippen LogP contribution in [0.15, 0.2) is 6.33 Å². The average Bonchev–Trinajstić information content (AvgIpc) is 2.43. The number of aliphatic hydroxyl groups is 1. The van der Waals surface area contributed by atoms with Crippen molar-refractivity contribution < 1.29 is 14.8 Å². The van der Waals surface area contributed by atoms with Gasteiger partial charge in [0, 0.05) is 33.2 Å². The molecule has 1 rings (SSSR count). The van der Waals surface area contributed by atoms with Gasteiger partial charge in [0.25, 0.3) is 0 Å². The Hall–Kier alpha value is -2.00. The van der Waals surface area contributed by atoms with Gasteiger partial charge >= 0.3 is 5.69 Å². The highest BCUT2D eigenvalue weighted by Gasteiger charge is 2.25. The van der Waals surface area contributed by atoms with E-state index < -0.39 is 10.5 Å². The monoisotopic (exact) mass is 299 g/mol. The van der Waals surface area contributed by atoms with Crippen LogP contribution >= 0.6 is 0 Å². The van der Waals surface area contributed by atoms with E-state index >= 15 is 0 Å². The molecule has 1 heterocycles. The summed E-state index contributed by atoms with van der Waals surface area (Å²) in [6, 6.07) is 0. The first kappa shape index (κ1) is 17.1. The van der Waals surface area contributed by atoms with E-state index in [4.69, 9.17) is 4.74 Å². The summed E-state index contributed by atoms with van der Waals surface area (Å²) in [5.74, 6) is 0.222. The first-order chi connectivity index (χ1) is 9.91. The molecule has 1 aromatic heterocycles. The van der Waals surface area contributed by atoms with Crippen molar-refractivity contribution in [3.8, 4) is 0 Å². The topological polar surface area (TPSA) is 122 Å². The molecule has 118 valence electrons. The number of methoxy groups -OCH3 is 1. The Morgan fingerprint density at radius 3 is 2.57 bits per heavy atom. The van der Waals surface area contributed by atoms with Crippen molar-refractivity contribution >= 4 is 17.3 Å². The molecule has 0 radical (unpaired) electrons. The van der Waals surface area contributed by atoms with Gasteiger partial charge in [-0.3, -0.25) is 10.1 Å². The molecule has 21 heavy (non-hydrogen) atoms. The lowest BCUT2D eigenvalue weighted by Crippen LogP contribution is -2.35.